The van der Waals surface area contributed by atoms with Gasteiger partial charge in [-0.2, -0.15) is 0 Å². The van der Waals surface area contributed by atoms with E-state index in [0.717, 1.165) is 30.6 Å². The van der Waals surface area contributed by atoms with Gasteiger partial charge in [0.1, 0.15) is 0 Å². The number of aryl methyl sites for hydroxylation is 1. The Bertz CT molecular complexity index is 1260. The minimum absolute atomic E-state index is 0.166. The van der Waals surface area contributed by atoms with Gasteiger partial charge in [-0.15, -0.1) is 0 Å². The SMILES string of the molecule is C=CS(=O)(=O)Nc1ccc2c(c1)C(=Cc1[nH]c(C)c(C(=O)NCCN(CC)CC)c1C)C(=O)N2. The van der Waals surface area contributed by atoms with Gasteiger partial charge in [0.25, 0.3) is 21.8 Å². The Balaban J connectivity index is 1.88. The number of amides is 2. The van der Waals surface area contributed by atoms with Crippen molar-refractivity contribution in [2.75, 3.05) is 36.2 Å². The summed E-state index contributed by atoms with van der Waals surface area (Å²) in [6.45, 7) is 14.3. The summed E-state index contributed by atoms with van der Waals surface area (Å²) >= 11 is 0. The Kier molecular flexibility index (Phi) is 7.63. The number of anilines is 2. The summed E-state index contributed by atoms with van der Waals surface area (Å²) in [5.74, 6) is -0.476. The van der Waals surface area contributed by atoms with E-state index in [2.05, 4.69) is 45.7 Å². The van der Waals surface area contributed by atoms with Crippen molar-refractivity contribution in [2.45, 2.75) is 27.7 Å². The van der Waals surface area contributed by atoms with E-state index in [9.17, 15) is 18.0 Å². The molecule has 10 heteroatoms. The molecule has 4 N–H and O–H groups in total. The molecule has 0 saturated heterocycles. The summed E-state index contributed by atoms with van der Waals surface area (Å²) in [6, 6.07) is 4.79. The maximum Gasteiger partial charge on any atom is 0.256 e. The monoisotopic (exact) mass is 485 g/mol. The first-order valence-electron chi connectivity index (χ1n) is 11.1. The number of rotatable bonds is 10. The van der Waals surface area contributed by atoms with E-state index >= 15 is 0 Å². The van der Waals surface area contributed by atoms with Crippen molar-refractivity contribution in [1.29, 1.82) is 0 Å². The molecule has 0 aliphatic carbocycles. The van der Waals surface area contributed by atoms with Gasteiger partial charge in [-0.25, -0.2) is 8.42 Å². The van der Waals surface area contributed by atoms with Crippen LogP contribution in [0.3, 0.4) is 0 Å². The molecule has 0 radical (unpaired) electrons. The molecule has 2 amide bonds. The zero-order chi connectivity index (χ0) is 25.0. The minimum atomic E-state index is -3.68. The number of aromatic amines is 1. The van der Waals surface area contributed by atoms with Crippen LogP contribution in [-0.4, -0.2) is 56.3 Å². The Morgan fingerprint density at radius 1 is 1.21 bits per heavy atom. The molecule has 9 nitrogen and oxygen atoms in total. The van der Waals surface area contributed by atoms with E-state index in [1.165, 1.54) is 0 Å². The van der Waals surface area contributed by atoms with Gasteiger partial charge in [-0.3, -0.25) is 14.3 Å². The number of hydrogen-bond donors (Lipinski definition) is 4. The Morgan fingerprint density at radius 3 is 2.56 bits per heavy atom. The molecule has 1 aliphatic heterocycles. The number of sulfonamides is 1. The highest BCUT2D eigenvalue weighted by atomic mass is 32.2. The second-order valence-electron chi connectivity index (χ2n) is 8.03. The van der Waals surface area contributed by atoms with Gasteiger partial charge in [-0.05, 0) is 56.8 Å². The van der Waals surface area contributed by atoms with Crippen LogP contribution in [0, 0.1) is 13.8 Å². The first-order chi connectivity index (χ1) is 16.1. The van der Waals surface area contributed by atoms with Gasteiger partial charge in [0.15, 0.2) is 0 Å². The lowest BCUT2D eigenvalue weighted by Gasteiger charge is -2.18. The number of likely N-dealkylation sites (N-methyl/N-ethyl adjacent to an activating group) is 1. The highest BCUT2D eigenvalue weighted by molar-refractivity contribution is 7.95. The molecular formula is C24H31N5O4S. The lowest BCUT2D eigenvalue weighted by Crippen LogP contribution is -2.35. The predicted molar refractivity (Wildman–Crippen MR) is 136 cm³/mol. The molecular weight excluding hydrogens is 454 g/mol. The smallest absolute Gasteiger partial charge is 0.256 e. The van der Waals surface area contributed by atoms with E-state index in [1.54, 1.807) is 24.3 Å². The molecule has 0 bridgehead atoms. The highest BCUT2D eigenvalue weighted by Crippen LogP contribution is 2.36. The zero-order valence-corrected chi connectivity index (χ0v) is 20.7. The van der Waals surface area contributed by atoms with Crippen molar-refractivity contribution in [3.05, 3.63) is 58.3 Å². The molecule has 182 valence electrons. The van der Waals surface area contributed by atoms with Crippen LogP contribution in [0.4, 0.5) is 11.4 Å². The molecule has 0 saturated carbocycles. The van der Waals surface area contributed by atoms with Crippen molar-refractivity contribution in [1.82, 2.24) is 15.2 Å². The van der Waals surface area contributed by atoms with Gasteiger partial charge in [0.05, 0.1) is 11.1 Å². The molecule has 2 aromatic rings. The first-order valence-corrected chi connectivity index (χ1v) is 12.7. The quantitative estimate of drug-likeness (QED) is 0.385. The summed E-state index contributed by atoms with van der Waals surface area (Å²) in [5, 5.41) is 6.57. The van der Waals surface area contributed by atoms with E-state index in [0.29, 0.717) is 46.0 Å². The molecule has 1 aromatic heterocycles. The fourth-order valence-corrected chi connectivity index (χ4v) is 4.50. The summed E-state index contributed by atoms with van der Waals surface area (Å²) < 4.78 is 26.1. The van der Waals surface area contributed by atoms with E-state index in [1.807, 2.05) is 13.8 Å². The number of carbonyl (C=O) groups excluding carboxylic acids is 2. The Morgan fingerprint density at radius 2 is 1.91 bits per heavy atom. The van der Waals surface area contributed by atoms with Crippen LogP contribution in [-0.2, 0) is 14.8 Å². The number of hydrogen-bond acceptors (Lipinski definition) is 5. The van der Waals surface area contributed by atoms with Crippen LogP contribution in [0.5, 0.6) is 0 Å². The maximum atomic E-state index is 12.8. The molecule has 0 spiro atoms. The molecule has 1 aliphatic rings. The Labute approximate surface area is 200 Å². The zero-order valence-electron chi connectivity index (χ0n) is 19.9. The molecule has 1 aromatic carbocycles. The van der Waals surface area contributed by atoms with Crippen molar-refractivity contribution >= 4 is 44.9 Å². The first kappa shape index (κ1) is 25.3. The largest absolute Gasteiger partial charge is 0.358 e. The van der Waals surface area contributed by atoms with Crippen LogP contribution in [0.15, 0.2) is 30.2 Å². The fraction of sp³-hybridized carbons (Fsp3) is 0.333. The van der Waals surface area contributed by atoms with Gasteiger partial charge in [0, 0.05) is 46.8 Å². The molecule has 2 heterocycles. The normalized spacial score (nSPS) is 14.3. The van der Waals surface area contributed by atoms with Crippen LogP contribution in [0.2, 0.25) is 0 Å². The molecule has 3 rings (SSSR count). The standard InChI is InChI=1S/C24H31N5O4S/c1-6-29(7-2)12-11-25-24(31)22-15(4)21(26-16(22)5)14-19-18-13-17(28-34(32,33)8-3)9-10-20(18)27-23(19)30/h8-10,13-14,26,28H,3,6-7,11-12H2,1-2,4-5H3,(H,25,31)(H,27,30). The van der Waals surface area contributed by atoms with E-state index < -0.39 is 10.0 Å². The van der Waals surface area contributed by atoms with Gasteiger partial charge < -0.3 is 20.5 Å². The lowest BCUT2D eigenvalue weighted by molar-refractivity contribution is -0.110. The van der Waals surface area contributed by atoms with Gasteiger partial charge >= 0.3 is 0 Å². The number of nitrogens with zero attached hydrogens (tertiary/aromatic N) is 1. The lowest BCUT2D eigenvalue weighted by atomic mass is 10.0. The third-order valence-electron chi connectivity index (χ3n) is 5.88. The van der Waals surface area contributed by atoms with E-state index in [-0.39, 0.29) is 11.8 Å². The van der Waals surface area contributed by atoms with Crippen molar-refractivity contribution in [3.8, 4) is 0 Å². The maximum absolute atomic E-state index is 12.8. The van der Waals surface area contributed by atoms with Crippen LogP contribution in [0.1, 0.15) is 46.7 Å². The average molecular weight is 486 g/mol. The second kappa shape index (κ2) is 10.3. The van der Waals surface area contributed by atoms with Gasteiger partial charge in [-0.1, -0.05) is 20.4 Å². The Hall–Kier alpha value is -3.37. The predicted octanol–water partition coefficient (Wildman–Crippen LogP) is 3.08. The van der Waals surface area contributed by atoms with Gasteiger partial charge in [0.2, 0.25) is 0 Å². The minimum Gasteiger partial charge on any atom is -0.358 e. The average Bonchev–Trinajstić information content (AvgIpc) is 3.25. The van der Waals surface area contributed by atoms with Crippen LogP contribution in [0.25, 0.3) is 11.6 Å². The number of H-pyrrole nitrogens is 1. The van der Waals surface area contributed by atoms with Crippen molar-refractivity contribution in [2.24, 2.45) is 0 Å². The molecule has 34 heavy (non-hydrogen) atoms. The van der Waals surface area contributed by atoms with Crippen LogP contribution >= 0.6 is 0 Å². The number of nitrogens with one attached hydrogen (secondary N) is 4. The summed E-state index contributed by atoms with van der Waals surface area (Å²) in [4.78, 5) is 30.9. The summed E-state index contributed by atoms with van der Waals surface area (Å²) in [6.07, 6.45) is 1.68. The highest BCUT2D eigenvalue weighted by Gasteiger charge is 2.26. The number of fused-ring (bicyclic) bond motifs is 1. The van der Waals surface area contributed by atoms with Crippen molar-refractivity contribution in [3.63, 3.8) is 0 Å². The third-order valence-corrected chi connectivity index (χ3v) is 6.84. The fourth-order valence-electron chi connectivity index (χ4n) is 3.96. The number of benzene rings is 1. The summed E-state index contributed by atoms with van der Waals surface area (Å²) in [7, 11) is -3.68. The summed E-state index contributed by atoms with van der Waals surface area (Å²) in [5.41, 5.74) is 4.45. The molecule has 0 atom stereocenters. The van der Waals surface area contributed by atoms with Crippen LogP contribution < -0.4 is 15.4 Å². The second-order valence-corrected chi connectivity index (χ2v) is 9.66. The van der Waals surface area contributed by atoms with Crippen molar-refractivity contribution < 1.29 is 18.0 Å². The molecule has 0 fully saturated rings. The molecule has 0 unspecified atom stereocenters. The number of carbonyl (C=O) groups is 2. The topological polar surface area (TPSA) is 123 Å². The third kappa shape index (κ3) is 5.40. The number of aromatic nitrogens is 1. The van der Waals surface area contributed by atoms with E-state index in [4.69, 9.17) is 0 Å².